The molecule has 0 aliphatic carbocycles. The Bertz CT molecular complexity index is 619. The van der Waals surface area contributed by atoms with E-state index in [0.717, 1.165) is 9.13 Å². The van der Waals surface area contributed by atoms with Crippen LogP contribution in [-0.2, 0) is 7.05 Å². The van der Waals surface area contributed by atoms with E-state index >= 15 is 0 Å². The predicted molar refractivity (Wildman–Crippen MR) is 79.1 cm³/mol. The van der Waals surface area contributed by atoms with Crippen molar-refractivity contribution >= 4 is 34.7 Å². The van der Waals surface area contributed by atoms with Crippen LogP contribution in [-0.4, -0.2) is 27.0 Å². The number of aromatic hydroxyl groups is 1. The van der Waals surface area contributed by atoms with E-state index in [9.17, 15) is 4.79 Å². The number of rotatable bonds is 3. The minimum Gasteiger partial charge on any atom is -0.508 e. The van der Waals surface area contributed by atoms with Gasteiger partial charge in [-0.25, -0.2) is 5.43 Å². The number of aromatic nitrogens is 2. The highest BCUT2D eigenvalue weighted by Gasteiger charge is 2.13. The Hall–Kier alpha value is -1.90. The van der Waals surface area contributed by atoms with Crippen molar-refractivity contribution in [3.8, 4) is 5.75 Å². The van der Waals surface area contributed by atoms with Crippen molar-refractivity contribution in [3.05, 3.63) is 45.3 Å². The Morgan fingerprint density at radius 3 is 2.74 bits per heavy atom. The highest BCUT2D eigenvalue weighted by atomic mass is 127. The Morgan fingerprint density at radius 1 is 1.47 bits per heavy atom. The number of amides is 1. The third-order valence-electron chi connectivity index (χ3n) is 2.27. The predicted octanol–water partition coefficient (Wildman–Crippen LogP) is 1.49. The zero-order valence-corrected chi connectivity index (χ0v) is 12.2. The molecule has 0 atom stereocenters. The molecule has 19 heavy (non-hydrogen) atoms. The number of benzene rings is 1. The van der Waals surface area contributed by atoms with E-state index in [0.29, 0.717) is 5.69 Å². The maximum Gasteiger partial charge on any atom is 0.292 e. The lowest BCUT2D eigenvalue weighted by Crippen LogP contribution is -2.19. The van der Waals surface area contributed by atoms with Crippen molar-refractivity contribution in [1.29, 1.82) is 0 Å². The quantitative estimate of drug-likeness (QED) is 0.488. The Balaban J connectivity index is 2.00. The van der Waals surface area contributed by atoms with Gasteiger partial charge in [-0.1, -0.05) is 0 Å². The zero-order valence-electron chi connectivity index (χ0n) is 10.0. The number of phenols is 1. The third-order valence-corrected chi connectivity index (χ3v) is 3.06. The van der Waals surface area contributed by atoms with Crippen LogP contribution in [0.1, 0.15) is 16.1 Å². The van der Waals surface area contributed by atoms with E-state index in [2.05, 4.69) is 15.6 Å². The number of nitrogens with zero attached hydrogens (tertiary/aromatic N) is 3. The second-order valence-corrected chi connectivity index (χ2v) is 4.95. The third kappa shape index (κ3) is 3.53. The van der Waals surface area contributed by atoms with Crippen LogP contribution >= 0.6 is 22.6 Å². The molecule has 98 valence electrons. The van der Waals surface area contributed by atoms with Gasteiger partial charge in [-0.15, -0.1) is 0 Å². The summed E-state index contributed by atoms with van der Waals surface area (Å²) >= 11 is 2.04. The van der Waals surface area contributed by atoms with Gasteiger partial charge in [-0.05, 0) is 52.4 Å². The molecule has 0 aliphatic heterocycles. The van der Waals surface area contributed by atoms with Gasteiger partial charge in [-0.2, -0.15) is 10.2 Å². The minimum atomic E-state index is -0.361. The van der Waals surface area contributed by atoms with Gasteiger partial charge >= 0.3 is 0 Å². The largest absolute Gasteiger partial charge is 0.508 e. The maximum absolute atomic E-state index is 11.8. The molecule has 0 fully saturated rings. The Morgan fingerprint density at radius 2 is 2.16 bits per heavy atom. The van der Waals surface area contributed by atoms with E-state index in [4.69, 9.17) is 5.11 Å². The highest BCUT2D eigenvalue weighted by Crippen LogP contribution is 2.09. The zero-order chi connectivity index (χ0) is 13.8. The number of carbonyl (C=O) groups is 1. The fourth-order valence-corrected chi connectivity index (χ4v) is 2.15. The number of hydrazone groups is 1. The summed E-state index contributed by atoms with van der Waals surface area (Å²) in [6.07, 6.45) is 3.24. The second-order valence-electron chi connectivity index (χ2n) is 3.79. The lowest BCUT2D eigenvalue weighted by Gasteiger charge is -1.97. The SMILES string of the molecule is Cn1cc(I)c(C(=O)N/N=C\c2ccc(O)cc2)n1. The smallest absolute Gasteiger partial charge is 0.292 e. The molecule has 0 radical (unpaired) electrons. The molecule has 1 amide bonds. The van der Waals surface area contributed by atoms with Gasteiger partial charge in [0, 0.05) is 13.2 Å². The molecule has 0 saturated heterocycles. The fourth-order valence-electron chi connectivity index (χ4n) is 1.39. The average molecular weight is 370 g/mol. The van der Waals surface area contributed by atoms with E-state index < -0.39 is 0 Å². The molecule has 7 heteroatoms. The minimum absolute atomic E-state index is 0.184. The van der Waals surface area contributed by atoms with E-state index in [1.165, 1.54) is 6.21 Å². The summed E-state index contributed by atoms with van der Waals surface area (Å²) in [6, 6.07) is 6.47. The maximum atomic E-state index is 11.8. The van der Waals surface area contributed by atoms with Crippen LogP contribution < -0.4 is 5.43 Å². The summed E-state index contributed by atoms with van der Waals surface area (Å²) in [4.78, 5) is 11.8. The van der Waals surface area contributed by atoms with Crippen LogP contribution in [0, 0.1) is 3.57 Å². The Kier molecular flexibility index (Phi) is 4.15. The molecule has 0 saturated carbocycles. The van der Waals surface area contributed by atoms with Crippen molar-refractivity contribution in [3.63, 3.8) is 0 Å². The van der Waals surface area contributed by atoms with Crippen molar-refractivity contribution in [2.24, 2.45) is 12.1 Å². The summed E-state index contributed by atoms with van der Waals surface area (Å²) in [5.41, 5.74) is 3.51. The molecule has 2 rings (SSSR count). The summed E-state index contributed by atoms with van der Waals surface area (Å²) in [7, 11) is 1.75. The number of phenolic OH excluding ortho intramolecular Hbond substituents is 1. The van der Waals surface area contributed by atoms with Crippen molar-refractivity contribution in [2.45, 2.75) is 0 Å². The molecular formula is C12H11IN4O2. The second kappa shape index (κ2) is 5.83. The highest BCUT2D eigenvalue weighted by molar-refractivity contribution is 14.1. The van der Waals surface area contributed by atoms with Crippen LogP contribution in [0.5, 0.6) is 5.75 Å². The monoisotopic (exact) mass is 370 g/mol. The van der Waals surface area contributed by atoms with Gasteiger partial charge < -0.3 is 5.11 Å². The molecule has 0 bridgehead atoms. The standard InChI is InChI=1S/C12H11IN4O2/c1-17-7-10(13)11(16-17)12(19)15-14-6-8-2-4-9(18)5-3-8/h2-7,18H,1H3,(H,15,19)/b14-6-. The van der Waals surface area contributed by atoms with Gasteiger partial charge in [0.25, 0.3) is 5.91 Å². The number of halogens is 1. The lowest BCUT2D eigenvalue weighted by molar-refractivity contribution is 0.0948. The lowest BCUT2D eigenvalue weighted by atomic mass is 10.2. The van der Waals surface area contributed by atoms with Crippen LogP contribution in [0.25, 0.3) is 0 Å². The Labute approximate surface area is 123 Å². The van der Waals surface area contributed by atoms with Gasteiger partial charge in [0.05, 0.1) is 9.78 Å². The first-order valence-electron chi connectivity index (χ1n) is 5.38. The molecule has 0 aliphatic rings. The van der Waals surface area contributed by atoms with Crippen LogP contribution in [0.3, 0.4) is 0 Å². The van der Waals surface area contributed by atoms with E-state index in [1.54, 1.807) is 42.2 Å². The summed E-state index contributed by atoms with van der Waals surface area (Å²) in [5.74, 6) is -0.177. The molecule has 6 nitrogen and oxygen atoms in total. The first kappa shape index (κ1) is 13.5. The van der Waals surface area contributed by atoms with Gasteiger partial charge in [0.1, 0.15) is 5.75 Å². The van der Waals surface area contributed by atoms with Crippen molar-refractivity contribution in [2.75, 3.05) is 0 Å². The molecule has 1 heterocycles. The number of carbonyl (C=O) groups excluding carboxylic acids is 1. The number of aryl methyl sites for hydroxylation is 1. The van der Waals surface area contributed by atoms with Crippen molar-refractivity contribution < 1.29 is 9.90 Å². The summed E-state index contributed by atoms with van der Waals surface area (Å²) < 4.78 is 2.33. The summed E-state index contributed by atoms with van der Waals surface area (Å²) in [6.45, 7) is 0. The average Bonchev–Trinajstić information content (AvgIpc) is 2.71. The van der Waals surface area contributed by atoms with Gasteiger partial charge in [-0.3, -0.25) is 9.48 Å². The molecule has 0 unspecified atom stereocenters. The number of nitrogens with one attached hydrogen (secondary N) is 1. The van der Waals surface area contributed by atoms with Gasteiger partial charge in [0.2, 0.25) is 0 Å². The van der Waals surface area contributed by atoms with Crippen LogP contribution in [0.4, 0.5) is 0 Å². The number of hydrogen-bond acceptors (Lipinski definition) is 4. The normalized spacial score (nSPS) is 10.8. The van der Waals surface area contributed by atoms with E-state index in [-0.39, 0.29) is 11.7 Å². The first-order valence-corrected chi connectivity index (χ1v) is 6.46. The van der Waals surface area contributed by atoms with Crippen LogP contribution in [0.2, 0.25) is 0 Å². The molecule has 1 aromatic carbocycles. The number of hydrogen-bond donors (Lipinski definition) is 2. The van der Waals surface area contributed by atoms with E-state index in [1.807, 2.05) is 22.6 Å². The topological polar surface area (TPSA) is 79.5 Å². The van der Waals surface area contributed by atoms with Crippen molar-refractivity contribution in [1.82, 2.24) is 15.2 Å². The first-order chi connectivity index (χ1) is 9.06. The summed E-state index contributed by atoms with van der Waals surface area (Å²) in [5, 5.41) is 17.0. The molecule has 0 spiro atoms. The molecular weight excluding hydrogens is 359 g/mol. The molecule has 1 aromatic heterocycles. The van der Waals surface area contributed by atoms with Gasteiger partial charge in [0.15, 0.2) is 5.69 Å². The molecule has 2 N–H and O–H groups in total. The fraction of sp³-hybridized carbons (Fsp3) is 0.0833. The van der Waals surface area contributed by atoms with Crippen LogP contribution in [0.15, 0.2) is 35.6 Å². The molecule has 2 aromatic rings.